The third-order valence-electron chi connectivity index (χ3n) is 7.46. The molecule has 1 fully saturated rings. The SMILES string of the molecule is CCCC(=O)c1cnn(-c2ccc(NC(=O)c3cn(CC(=O)N4CCN(CC)CC4)c4ccc(Cl)cc34)nn2)c1C. The number of fused-ring (bicyclic) bond motifs is 1. The predicted octanol–water partition coefficient (Wildman–Crippen LogP) is 3.98. The Labute approximate surface area is 243 Å². The van der Waals surface area contributed by atoms with Gasteiger partial charge in [-0.05, 0) is 50.2 Å². The van der Waals surface area contributed by atoms with Crippen LogP contribution in [-0.4, -0.2) is 84.7 Å². The summed E-state index contributed by atoms with van der Waals surface area (Å²) in [4.78, 5) is 43.0. The van der Waals surface area contributed by atoms with E-state index < -0.39 is 5.91 Å². The molecule has 2 amide bonds. The fraction of sp³-hybridized carbons (Fsp3) is 0.379. The molecule has 0 atom stereocenters. The van der Waals surface area contributed by atoms with Crippen LogP contribution in [0.2, 0.25) is 5.02 Å². The molecule has 3 aromatic heterocycles. The Morgan fingerprint density at radius 2 is 1.78 bits per heavy atom. The minimum atomic E-state index is -0.398. The molecular formula is C29H33ClN8O3. The van der Waals surface area contributed by atoms with Gasteiger partial charge in [0.05, 0.1) is 23.0 Å². The quantitative estimate of drug-likeness (QED) is 0.299. The zero-order chi connectivity index (χ0) is 29.1. The monoisotopic (exact) mass is 576 g/mol. The van der Waals surface area contributed by atoms with E-state index in [0.29, 0.717) is 52.6 Å². The number of benzene rings is 1. The topological polar surface area (TPSA) is 118 Å². The molecule has 11 nitrogen and oxygen atoms in total. The largest absolute Gasteiger partial charge is 0.339 e. The van der Waals surface area contributed by atoms with Gasteiger partial charge in [0.25, 0.3) is 5.91 Å². The fourth-order valence-corrected chi connectivity index (χ4v) is 5.28. The van der Waals surface area contributed by atoms with Crippen LogP contribution in [0.3, 0.4) is 0 Å². The van der Waals surface area contributed by atoms with Gasteiger partial charge >= 0.3 is 0 Å². The molecule has 0 spiro atoms. The molecule has 0 radical (unpaired) electrons. The summed E-state index contributed by atoms with van der Waals surface area (Å²) < 4.78 is 3.35. The van der Waals surface area contributed by atoms with Gasteiger partial charge in [-0.25, -0.2) is 4.68 Å². The van der Waals surface area contributed by atoms with Crippen LogP contribution in [0.15, 0.2) is 42.7 Å². The second-order valence-electron chi connectivity index (χ2n) is 10.1. The highest BCUT2D eigenvalue weighted by Gasteiger charge is 2.23. The third kappa shape index (κ3) is 6.01. The van der Waals surface area contributed by atoms with Crippen LogP contribution >= 0.6 is 11.6 Å². The second kappa shape index (κ2) is 12.2. The van der Waals surface area contributed by atoms with Gasteiger partial charge in [0.15, 0.2) is 17.4 Å². The summed E-state index contributed by atoms with van der Waals surface area (Å²) in [5.41, 5.74) is 2.35. The summed E-state index contributed by atoms with van der Waals surface area (Å²) in [6.45, 7) is 10.1. The van der Waals surface area contributed by atoms with E-state index in [4.69, 9.17) is 11.6 Å². The minimum Gasteiger partial charge on any atom is -0.339 e. The number of Topliss-reactive ketones (excluding diaryl/α,β-unsaturated/α-hetero) is 1. The molecule has 4 heterocycles. The lowest BCUT2D eigenvalue weighted by Gasteiger charge is -2.34. The molecule has 0 aliphatic carbocycles. The number of nitrogens with zero attached hydrogens (tertiary/aromatic N) is 7. The lowest BCUT2D eigenvalue weighted by Crippen LogP contribution is -2.49. The van der Waals surface area contributed by atoms with E-state index in [1.54, 1.807) is 45.9 Å². The summed E-state index contributed by atoms with van der Waals surface area (Å²) in [5.74, 6) is 0.323. The molecule has 5 rings (SSSR count). The number of anilines is 1. The maximum absolute atomic E-state index is 13.4. The van der Waals surface area contributed by atoms with Gasteiger partial charge in [0.2, 0.25) is 5.91 Å². The first-order chi connectivity index (χ1) is 19.8. The Bertz CT molecular complexity index is 1590. The van der Waals surface area contributed by atoms with Gasteiger partial charge in [-0.1, -0.05) is 25.4 Å². The molecule has 1 aromatic carbocycles. The Morgan fingerprint density at radius 3 is 2.46 bits per heavy atom. The third-order valence-corrected chi connectivity index (χ3v) is 7.70. The van der Waals surface area contributed by atoms with Crippen molar-refractivity contribution >= 4 is 45.9 Å². The molecule has 1 aliphatic heterocycles. The van der Waals surface area contributed by atoms with Gasteiger partial charge in [-0.2, -0.15) is 5.10 Å². The lowest BCUT2D eigenvalue weighted by atomic mass is 10.1. The Hall–Kier alpha value is -4.09. The Morgan fingerprint density at radius 1 is 1.00 bits per heavy atom. The number of carbonyl (C=O) groups is 3. The first kappa shape index (κ1) is 28.4. The Balaban J connectivity index is 1.33. The molecular weight excluding hydrogens is 544 g/mol. The van der Waals surface area contributed by atoms with Crippen molar-refractivity contribution in [3.8, 4) is 5.82 Å². The summed E-state index contributed by atoms with van der Waals surface area (Å²) in [6.07, 6.45) is 4.44. The van der Waals surface area contributed by atoms with Gasteiger partial charge in [0, 0.05) is 54.7 Å². The van der Waals surface area contributed by atoms with Crippen molar-refractivity contribution in [2.75, 3.05) is 38.0 Å². The molecule has 0 saturated carbocycles. The van der Waals surface area contributed by atoms with E-state index in [-0.39, 0.29) is 24.1 Å². The highest BCUT2D eigenvalue weighted by molar-refractivity contribution is 6.31. The van der Waals surface area contributed by atoms with Crippen LogP contribution in [-0.2, 0) is 11.3 Å². The van der Waals surface area contributed by atoms with E-state index in [1.807, 2.05) is 24.8 Å². The van der Waals surface area contributed by atoms with Gasteiger partial charge in [0.1, 0.15) is 6.54 Å². The van der Waals surface area contributed by atoms with Crippen LogP contribution in [0.5, 0.6) is 0 Å². The molecule has 214 valence electrons. The van der Waals surface area contributed by atoms with Crippen molar-refractivity contribution in [1.82, 2.24) is 34.3 Å². The van der Waals surface area contributed by atoms with E-state index in [2.05, 4.69) is 32.4 Å². The lowest BCUT2D eigenvalue weighted by molar-refractivity contribution is -0.133. The van der Waals surface area contributed by atoms with Crippen LogP contribution in [0.1, 0.15) is 53.1 Å². The summed E-state index contributed by atoms with van der Waals surface area (Å²) in [5, 5.41) is 16.6. The van der Waals surface area contributed by atoms with Gasteiger partial charge < -0.3 is 19.7 Å². The number of aromatic nitrogens is 5. The van der Waals surface area contributed by atoms with Crippen molar-refractivity contribution in [3.05, 3.63) is 64.6 Å². The normalized spacial score (nSPS) is 14.0. The summed E-state index contributed by atoms with van der Waals surface area (Å²) in [6, 6.07) is 8.58. The standard InChI is InChI=1S/C29H33ClN8O3/c1-4-6-25(39)22-16-31-38(19(22)3)27-10-9-26(33-34-27)32-29(41)23-17-37(24-8-7-20(30)15-21(23)24)18-28(40)36-13-11-35(5-2)12-14-36/h7-10,15-17H,4-6,11-14,18H2,1-3H3,(H,32,33,41). The highest BCUT2D eigenvalue weighted by atomic mass is 35.5. The summed E-state index contributed by atoms with van der Waals surface area (Å²) >= 11 is 6.27. The molecule has 41 heavy (non-hydrogen) atoms. The Kier molecular flexibility index (Phi) is 8.46. The fourth-order valence-electron chi connectivity index (χ4n) is 5.10. The van der Waals surface area contributed by atoms with Crippen LogP contribution in [0, 0.1) is 6.92 Å². The van der Waals surface area contributed by atoms with Crippen molar-refractivity contribution in [2.45, 2.75) is 40.2 Å². The minimum absolute atomic E-state index is 0.00878. The number of amides is 2. The molecule has 1 saturated heterocycles. The number of hydrogen-bond donors (Lipinski definition) is 1. The molecule has 1 N–H and O–H groups in total. The molecule has 1 aliphatic rings. The molecule has 12 heteroatoms. The average Bonchev–Trinajstić information content (AvgIpc) is 3.53. The van der Waals surface area contributed by atoms with Crippen LogP contribution in [0.4, 0.5) is 5.82 Å². The van der Waals surface area contributed by atoms with Gasteiger partial charge in [-0.15, -0.1) is 10.2 Å². The predicted molar refractivity (Wildman–Crippen MR) is 157 cm³/mol. The molecule has 0 bridgehead atoms. The number of halogens is 1. The van der Waals surface area contributed by atoms with E-state index in [9.17, 15) is 14.4 Å². The van der Waals surface area contributed by atoms with Crippen LogP contribution < -0.4 is 5.32 Å². The van der Waals surface area contributed by atoms with E-state index in [1.165, 1.54) is 0 Å². The average molecular weight is 577 g/mol. The molecule has 0 unspecified atom stereocenters. The second-order valence-corrected chi connectivity index (χ2v) is 10.5. The maximum Gasteiger partial charge on any atom is 0.259 e. The number of likely N-dealkylation sites (N-methyl/N-ethyl adjacent to an activating group) is 1. The van der Waals surface area contributed by atoms with Crippen molar-refractivity contribution < 1.29 is 14.4 Å². The smallest absolute Gasteiger partial charge is 0.259 e. The summed E-state index contributed by atoms with van der Waals surface area (Å²) in [7, 11) is 0. The number of ketones is 1. The maximum atomic E-state index is 13.4. The van der Waals surface area contributed by atoms with Gasteiger partial charge in [-0.3, -0.25) is 14.4 Å². The number of carbonyl (C=O) groups excluding carboxylic acids is 3. The van der Waals surface area contributed by atoms with E-state index in [0.717, 1.165) is 31.6 Å². The highest BCUT2D eigenvalue weighted by Crippen LogP contribution is 2.26. The number of rotatable bonds is 9. The van der Waals surface area contributed by atoms with Crippen LogP contribution in [0.25, 0.3) is 16.7 Å². The zero-order valence-corrected chi connectivity index (χ0v) is 24.2. The first-order valence-corrected chi connectivity index (χ1v) is 14.2. The number of piperazine rings is 1. The molecule has 4 aromatic rings. The number of hydrogen-bond acceptors (Lipinski definition) is 7. The van der Waals surface area contributed by atoms with E-state index >= 15 is 0 Å². The zero-order valence-electron chi connectivity index (χ0n) is 23.4. The first-order valence-electron chi connectivity index (χ1n) is 13.8. The number of nitrogens with one attached hydrogen (secondary N) is 1. The van der Waals surface area contributed by atoms with Crippen molar-refractivity contribution in [2.24, 2.45) is 0 Å². The van der Waals surface area contributed by atoms with Crippen molar-refractivity contribution in [1.29, 1.82) is 0 Å². The van der Waals surface area contributed by atoms with Crippen molar-refractivity contribution in [3.63, 3.8) is 0 Å².